The number of nitrogens with one attached hydrogen (secondary N) is 2. The summed E-state index contributed by atoms with van der Waals surface area (Å²) in [6, 6.07) is 2.70. The Balaban J connectivity index is 1.92. The van der Waals surface area contributed by atoms with Gasteiger partial charge in [0, 0.05) is 24.8 Å². The van der Waals surface area contributed by atoms with Crippen molar-refractivity contribution in [3.8, 4) is 0 Å². The van der Waals surface area contributed by atoms with Gasteiger partial charge in [0.15, 0.2) is 5.15 Å². The van der Waals surface area contributed by atoms with Crippen LogP contribution in [0.2, 0.25) is 5.15 Å². The molecule has 0 bridgehead atoms. The lowest BCUT2D eigenvalue weighted by molar-refractivity contribution is 0.0731. The molecule has 1 aliphatic rings. The Morgan fingerprint density at radius 1 is 1.67 bits per heavy atom. The molecule has 0 radical (unpaired) electrons. The van der Waals surface area contributed by atoms with Crippen LogP contribution in [-0.4, -0.2) is 36.8 Å². The van der Waals surface area contributed by atoms with Crippen LogP contribution in [0.4, 0.5) is 5.69 Å². The Kier molecular flexibility index (Phi) is 4.80. The van der Waals surface area contributed by atoms with Crippen LogP contribution in [0.1, 0.15) is 18.9 Å². The first-order valence-electron chi connectivity index (χ1n) is 6.35. The maximum atomic E-state index is 6.10. The van der Waals surface area contributed by atoms with Gasteiger partial charge < -0.3 is 15.4 Å². The minimum absolute atomic E-state index is 0.324. The van der Waals surface area contributed by atoms with Gasteiger partial charge in [-0.05, 0) is 31.9 Å². The van der Waals surface area contributed by atoms with Gasteiger partial charge in [-0.15, -0.1) is 0 Å². The molecule has 2 unspecified atom stereocenters. The number of morpholine rings is 1. The summed E-state index contributed by atoms with van der Waals surface area (Å²) < 4.78 is 5.45. The van der Waals surface area contributed by atoms with Crippen LogP contribution in [0.3, 0.4) is 0 Å². The molecule has 1 saturated heterocycles. The number of aryl methyl sites for hydroxylation is 1. The van der Waals surface area contributed by atoms with E-state index in [9.17, 15) is 0 Å². The zero-order chi connectivity index (χ0) is 13.0. The molecule has 100 valence electrons. The standard InChI is InChI=1S/C13H20ClN3O/c1-9-3-4-16-13(14)12(9)17-10(2)7-11-8-18-6-5-15-11/h3-4,10-11,15,17H,5-8H2,1-2H3. The lowest BCUT2D eigenvalue weighted by atomic mass is 10.1. The average Bonchev–Trinajstić information content (AvgIpc) is 2.35. The van der Waals surface area contributed by atoms with Gasteiger partial charge in [0.1, 0.15) is 0 Å². The van der Waals surface area contributed by atoms with Gasteiger partial charge >= 0.3 is 0 Å². The molecule has 2 rings (SSSR count). The Morgan fingerprint density at radius 3 is 3.17 bits per heavy atom. The van der Waals surface area contributed by atoms with Gasteiger partial charge in [0.25, 0.3) is 0 Å². The topological polar surface area (TPSA) is 46.2 Å². The van der Waals surface area contributed by atoms with Crippen molar-refractivity contribution in [2.24, 2.45) is 0 Å². The molecule has 2 heterocycles. The third kappa shape index (κ3) is 3.57. The van der Waals surface area contributed by atoms with E-state index in [0.29, 0.717) is 17.2 Å². The molecular formula is C13H20ClN3O. The fourth-order valence-electron chi connectivity index (χ4n) is 2.20. The van der Waals surface area contributed by atoms with Crippen LogP contribution >= 0.6 is 11.6 Å². The van der Waals surface area contributed by atoms with Crippen molar-refractivity contribution < 1.29 is 4.74 Å². The zero-order valence-electron chi connectivity index (χ0n) is 10.9. The molecule has 5 heteroatoms. The highest BCUT2D eigenvalue weighted by molar-refractivity contribution is 6.32. The van der Waals surface area contributed by atoms with E-state index in [1.54, 1.807) is 6.20 Å². The average molecular weight is 270 g/mol. The van der Waals surface area contributed by atoms with E-state index in [1.807, 2.05) is 13.0 Å². The van der Waals surface area contributed by atoms with E-state index < -0.39 is 0 Å². The largest absolute Gasteiger partial charge is 0.380 e. The van der Waals surface area contributed by atoms with E-state index in [-0.39, 0.29) is 0 Å². The zero-order valence-corrected chi connectivity index (χ0v) is 11.6. The first kappa shape index (κ1) is 13.6. The van der Waals surface area contributed by atoms with Crippen molar-refractivity contribution >= 4 is 17.3 Å². The number of nitrogens with zero attached hydrogens (tertiary/aromatic N) is 1. The minimum atomic E-state index is 0.324. The summed E-state index contributed by atoms with van der Waals surface area (Å²) in [5, 5.41) is 7.42. The molecule has 1 aromatic heterocycles. The van der Waals surface area contributed by atoms with Crippen molar-refractivity contribution in [2.45, 2.75) is 32.4 Å². The molecular weight excluding hydrogens is 250 g/mol. The Morgan fingerprint density at radius 2 is 2.50 bits per heavy atom. The third-order valence-electron chi connectivity index (χ3n) is 3.14. The Bertz CT molecular complexity index is 374. The van der Waals surface area contributed by atoms with Crippen LogP contribution in [-0.2, 0) is 4.74 Å². The monoisotopic (exact) mass is 269 g/mol. The summed E-state index contributed by atoms with van der Waals surface area (Å²) in [5.74, 6) is 0. The number of pyridine rings is 1. The Labute approximate surface area is 113 Å². The Hall–Kier alpha value is -0.840. The molecule has 1 aliphatic heterocycles. The summed E-state index contributed by atoms with van der Waals surface area (Å²) in [6.07, 6.45) is 2.73. The SMILES string of the molecule is Cc1ccnc(Cl)c1NC(C)CC1COCCN1. The molecule has 0 spiro atoms. The number of anilines is 1. The van der Waals surface area contributed by atoms with Crippen LogP contribution in [0.5, 0.6) is 0 Å². The number of halogens is 1. The second-order valence-corrected chi connectivity index (χ2v) is 5.16. The molecule has 1 fully saturated rings. The second kappa shape index (κ2) is 6.36. The predicted molar refractivity (Wildman–Crippen MR) is 74.3 cm³/mol. The lowest BCUT2D eigenvalue weighted by Crippen LogP contribution is -2.43. The highest BCUT2D eigenvalue weighted by atomic mass is 35.5. The number of hydrogen-bond acceptors (Lipinski definition) is 4. The minimum Gasteiger partial charge on any atom is -0.380 e. The third-order valence-corrected chi connectivity index (χ3v) is 3.43. The summed E-state index contributed by atoms with van der Waals surface area (Å²) in [4.78, 5) is 4.10. The van der Waals surface area contributed by atoms with Gasteiger partial charge in [-0.2, -0.15) is 0 Å². The van der Waals surface area contributed by atoms with Crippen molar-refractivity contribution in [1.82, 2.24) is 10.3 Å². The molecule has 2 N–H and O–H groups in total. The van der Waals surface area contributed by atoms with Crippen molar-refractivity contribution in [3.63, 3.8) is 0 Å². The summed E-state index contributed by atoms with van der Waals surface area (Å²) >= 11 is 6.10. The van der Waals surface area contributed by atoms with Crippen LogP contribution in [0, 0.1) is 6.92 Å². The lowest BCUT2D eigenvalue weighted by Gasteiger charge is -2.27. The van der Waals surface area contributed by atoms with Gasteiger partial charge in [-0.25, -0.2) is 4.98 Å². The summed E-state index contributed by atoms with van der Waals surface area (Å²) in [5.41, 5.74) is 2.05. The first-order chi connectivity index (χ1) is 8.66. The molecule has 2 atom stereocenters. The predicted octanol–water partition coefficient (Wildman–Crippen LogP) is 2.22. The van der Waals surface area contributed by atoms with Gasteiger partial charge in [-0.1, -0.05) is 11.6 Å². The van der Waals surface area contributed by atoms with Crippen LogP contribution in [0.15, 0.2) is 12.3 Å². The number of aromatic nitrogens is 1. The van der Waals surface area contributed by atoms with Crippen LogP contribution in [0.25, 0.3) is 0 Å². The maximum Gasteiger partial charge on any atom is 0.152 e. The highest BCUT2D eigenvalue weighted by Crippen LogP contribution is 2.24. The summed E-state index contributed by atoms with van der Waals surface area (Å²) in [6.45, 7) is 6.71. The van der Waals surface area contributed by atoms with Gasteiger partial charge in [-0.3, -0.25) is 0 Å². The molecule has 18 heavy (non-hydrogen) atoms. The fraction of sp³-hybridized carbons (Fsp3) is 0.615. The van der Waals surface area contributed by atoms with Gasteiger partial charge in [0.05, 0.1) is 18.9 Å². The van der Waals surface area contributed by atoms with Crippen molar-refractivity contribution in [1.29, 1.82) is 0 Å². The molecule has 4 nitrogen and oxygen atoms in total. The first-order valence-corrected chi connectivity index (χ1v) is 6.73. The van der Waals surface area contributed by atoms with Crippen molar-refractivity contribution in [3.05, 3.63) is 23.0 Å². The van der Waals surface area contributed by atoms with Crippen molar-refractivity contribution in [2.75, 3.05) is 25.1 Å². The number of ether oxygens (including phenoxy) is 1. The van der Waals surface area contributed by atoms with E-state index >= 15 is 0 Å². The highest BCUT2D eigenvalue weighted by Gasteiger charge is 2.17. The summed E-state index contributed by atoms with van der Waals surface area (Å²) in [7, 11) is 0. The smallest absolute Gasteiger partial charge is 0.152 e. The van der Waals surface area contributed by atoms with Crippen LogP contribution < -0.4 is 10.6 Å². The second-order valence-electron chi connectivity index (χ2n) is 4.80. The van der Waals surface area contributed by atoms with E-state index in [2.05, 4.69) is 22.5 Å². The normalized spacial score (nSPS) is 21.6. The molecule has 0 aromatic carbocycles. The molecule has 0 amide bonds. The quantitative estimate of drug-likeness (QED) is 0.823. The van der Waals surface area contributed by atoms with E-state index in [1.165, 1.54) is 0 Å². The molecule has 1 aromatic rings. The fourth-order valence-corrected chi connectivity index (χ4v) is 2.46. The number of hydrogen-bond donors (Lipinski definition) is 2. The van der Waals surface area contributed by atoms with Gasteiger partial charge in [0.2, 0.25) is 0 Å². The van der Waals surface area contributed by atoms with E-state index in [4.69, 9.17) is 16.3 Å². The maximum absolute atomic E-state index is 6.10. The number of rotatable bonds is 4. The molecule has 0 saturated carbocycles. The molecule has 0 aliphatic carbocycles. The van der Waals surface area contributed by atoms with E-state index in [0.717, 1.165) is 37.4 Å².